The molecule has 126 valence electrons. The van der Waals surface area contributed by atoms with Gasteiger partial charge in [-0.1, -0.05) is 17.7 Å². The molecule has 2 saturated heterocycles. The molecule has 0 aromatic heterocycles. The van der Waals surface area contributed by atoms with Crippen molar-refractivity contribution in [3.8, 4) is 0 Å². The number of rotatable bonds is 1. The molecule has 3 atom stereocenters. The summed E-state index contributed by atoms with van der Waals surface area (Å²) in [7, 11) is -3.12. The van der Waals surface area contributed by atoms with Crippen molar-refractivity contribution in [1.82, 2.24) is 9.21 Å². The second-order valence-corrected chi connectivity index (χ2v) is 9.55. The molecule has 6 heteroatoms. The summed E-state index contributed by atoms with van der Waals surface area (Å²) in [6.45, 7) is 2.75. The van der Waals surface area contributed by atoms with Gasteiger partial charge < -0.3 is 0 Å². The molecular weight excluding hydrogens is 332 g/mol. The third kappa shape index (κ3) is 2.82. The maximum absolute atomic E-state index is 12.2. The predicted molar refractivity (Wildman–Crippen MR) is 92.1 cm³/mol. The van der Waals surface area contributed by atoms with Crippen molar-refractivity contribution in [3.05, 3.63) is 34.3 Å². The Morgan fingerprint density at radius 3 is 2.87 bits per heavy atom. The van der Waals surface area contributed by atoms with Gasteiger partial charge in [0, 0.05) is 36.7 Å². The van der Waals surface area contributed by atoms with Crippen molar-refractivity contribution < 1.29 is 8.42 Å². The quantitative estimate of drug-likeness (QED) is 0.778. The van der Waals surface area contributed by atoms with E-state index in [2.05, 4.69) is 17.0 Å². The summed E-state index contributed by atoms with van der Waals surface area (Å²) < 4.78 is 26.1. The third-order valence-electron chi connectivity index (χ3n) is 5.80. The molecule has 4 rings (SSSR count). The van der Waals surface area contributed by atoms with Crippen LogP contribution < -0.4 is 0 Å². The lowest BCUT2D eigenvalue weighted by Crippen LogP contribution is -2.57. The van der Waals surface area contributed by atoms with Crippen LogP contribution in [0.15, 0.2) is 18.2 Å². The van der Waals surface area contributed by atoms with Crippen LogP contribution in [0.4, 0.5) is 0 Å². The molecule has 23 heavy (non-hydrogen) atoms. The minimum Gasteiger partial charge on any atom is -0.296 e. The molecule has 0 aliphatic carbocycles. The molecule has 1 aromatic rings. The highest BCUT2D eigenvalue weighted by atomic mass is 35.5. The van der Waals surface area contributed by atoms with Gasteiger partial charge in [0.25, 0.3) is 0 Å². The van der Waals surface area contributed by atoms with Gasteiger partial charge in [-0.15, -0.1) is 0 Å². The molecule has 3 aliphatic rings. The minimum absolute atomic E-state index is 0.154. The maximum Gasteiger partial charge on any atom is 0.211 e. The standard InChI is InChI=1S/C17H23ClN2O2S/c1-23(21,22)20-7-2-3-13-11-19-8-6-12-9-14(18)4-5-15(12)17(19)10-16(13)20/h4-5,9,13,16-17H,2-3,6-8,10-11H2,1H3. The van der Waals surface area contributed by atoms with E-state index >= 15 is 0 Å². The number of sulfonamides is 1. The summed E-state index contributed by atoms with van der Waals surface area (Å²) in [6.07, 6.45) is 5.44. The smallest absolute Gasteiger partial charge is 0.211 e. The van der Waals surface area contributed by atoms with Crippen LogP contribution >= 0.6 is 11.6 Å². The van der Waals surface area contributed by atoms with Gasteiger partial charge in [0.15, 0.2) is 0 Å². The van der Waals surface area contributed by atoms with E-state index < -0.39 is 10.0 Å². The molecule has 1 aromatic carbocycles. The lowest BCUT2D eigenvalue weighted by atomic mass is 9.77. The molecule has 0 spiro atoms. The number of hydrogen-bond donors (Lipinski definition) is 0. The lowest BCUT2D eigenvalue weighted by molar-refractivity contribution is 0.0222. The average molecular weight is 355 g/mol. The fourth-order valence-electron chi connectivity index (χ4n) is 4.79. The summed E-state index contributed by atoms with van der Waals surface area (Å²) in [6, 6.07) is 6.67. The van der Waals surface area contributed by atoms with Crippen LogP contribution in [0.1, 0.15) is 36.4 Å². The van der Waals surface area contributed by atoms with E-state index in [0.717, 1.165) is 43.8 Å². The van der Waals surface area contributed by atoms with Crippen molar-refractivity contribution in [2.45, 2.75) is 37.8 Å². The minimum atomic E-state index is -3.12. The first kappa shape index (κ1) is 15.9. The van der Waals surface area contributed by atoms with Gasteiger partial charge in [0.2, 0.25) is 10.0 Å². The Labute approximate surface area is 143 Å². The van der Waals surface area contributed by atoms with Gasteiger partial charge in [0.1, 0.15) is 0 Å². The monoisotopic (exact) mass is 354 g/mol. The van der Waals surface area contributed by atoms with Crippen LogP contribution in [-0.4, -0.2) is 49.6 Å². The molecule has 3 aliphatic heterocycles. The number of piperidine rings is 2. The second kappa shape index (κ2) is 5.73. The molecular formula is C17H23ClN2O2S. The molecule has 0 bridgehead atoms. The van der Waals surface area contributed by atoms with E-state index in [1.807, 2.05) is 6.07 Å². The highest BCUT2D eigenvalue weighted by Crippen LogP contribution is 2.43. The van der Waals surface area contributed by atoms with Crippen LogP contribution in [0, 0.1) is 5.92 Å². The fraction of sp³-hybridized carbons (Fsp3) is 0.647. The Kier molecular flexibility index (Phi) is 3.95. The Hall–Kier alpha value is -0.620. The van der Waals surface area contributed by atoms with Crippen molar-refractivity contribution in [3.63, 3.8) is 0 Å². The van der Waals surface area contributed by atoms with E-state index in [9.17, 15) is 8.42 Å². The topological polar surface area (TPSA) is 40.6 Å². The highest BCUT2D eigenvalue weighted by Gasteiger charge is 2.44. The molecule has 3 heterocycles. The highest BCUT2D eigenvalue weighted by molar-refractivity contribution is 7.88. The van der Waals surface area contributed by atoms with Crippen LogP contribution in [0.25, 0.3) is 0 Å². The number of nitrogens with zero attached hydrogens (tertiary/aromatic N) is 2. The van der Waals surface area contributed by atoms with Gasteiger partial charge in [-0.25, -0.2) is 8.42 Å². The summed E-state index contributed by atoms with van der Waals surface area (Å²) in [5, 5.41) is 0.793. The molecule has 0 radical (unpaired) electrons. The molecule has 4 nitrogen and oxygen atoms in total. The Bertz CT molecular complexity index is 721. The van der Waals surface area contributed by atoms with Gasteiger partial charge in [-0.05, 0) is 54.9 Å². The first-order valence-corrected chi connectivity index (χ1v) is 10.7. The summed E-state index contributed by atoms with van der Waals surface area (Å²) in [4.78, 5) is 2.56. The largest absolute Gasteiger partial charge is 0.296 e. The number of hydrogen-bond acceptors (Lipinski definition) is 3. The fourth-order valence-corrected chi connectivity index (χ4v) is 6.20. The van der Waals surface area contributed by atoms with E-state index in [1.165, 1.54) is 17.4 Å². The molecule has 0 saturated carbocycles. The van der Waals surface area contributed by atoms with Gasteiger partial charge in [0.05, 0.1) is 6.26 Å². The number of benzene rings is 1. The van der Waals surface area contributed by atoms with Crippen LogP contribution in [0.3, 0.4) is 0 Å². The summed E-state index contributed by atoms with van der Waals surface area (Å²) in [5.74, 6) is 0.476. The lowest BCUT2D eigenvalue weighted by Gasteiger charge is -2.51. The Balaban J connectivity index is 1.68. The van der Waals surface area contributed by atoms with Crippen molar-refractivity contribution >= 4 is 21.6 Å². The third-order valence-corrected chi connectivity index (χ3v) is 7.34. The van der Waals surface area contributed by atoms with Crippen LogP contribution in [0.2, 0.25) is 5.02 Å². The first-order chi connectivity index (χ1) is 10.9. The van der Waals surface area contributed by atoms with Crippen LogP contribution in [0.5, 0.6) is 0 Å². The second-order valence-electron chi connectivity index (χ2n) is 7.18. The molecule has 2 fully saturated rings. The number of halogens is 1. The zero-order valence-electron chi connectivity index (χ0n) is 13.4. The SMILES string of the molecule is CS(=O)(=O)N1CCCC2CN3CCc4cc(Cl)ccc4C3CC21. The zero-order chi connectivity index (χ0) is 16.2. The van der Waals surface area contributed by atoms with E-state index in [0.29, 0.717) is 18.5 Å². The zero-order valence-corrected chi connectivity index (χ0v) is 15.0. The van der Waals surface area contributed by atoms with Crippen molar-refractivity contribution in [1.29, 1.82) is 0 Å². The van der Waals surface area contributed by atoms with E-state index in [-0.39, 0.29) is 6.04 Å². The molecule has 0 amide bonds. The van der Waals surface area contributed by atoms with Crippen molar-refractivity contribution in [2.75, 3.05) is 25.9 Å². The van der Waals surface area contributed by atoms with Gasteiger partial charge >= 0.3 is 0 Å². The van der Waals surface area contributed by atoms with Crippen LogP contribution in [-0.2, 0) is 16.4 Å². The molecule has 3 unspecified atom stereocenters. The first-order valence-electron chi connectivity index (χ1n) is 8.42. The molecule has 0 N–H and O–H groups in total. The van der Waals surface area contributed by atoms with E-state index in [1.54, 1.807) is 4.31 Å². The Morgan fingerprint density at radius 2 is 2.09 bits per heavy atom. The van der Waals surface area contributed by atoms with Crippen molar-refractivity contribution in [2.24, 2.45) is 5.92 Å². The van der Waals surface area contributed by atoms with Gasteiger partial charge in [-0.3, -0.25) is 4.90 Å². The normalized spacial score (nSPS) is 32.0. The Morgan fingerprint density at radius 1 is 1.26 bits per heavy atom. The maximum atomic E-state index is 12.2. The van der Waals surface area contributed by atoms with Gasteiger partial charge in [-0.2, -0.15) is 4.31 Å². The predicted octanol–water partition coefficient (Wildman–Crippen LogP) is 2.68. The summed E-state index contributed by atoms with van der Waals surface area (Å²) >= 11 is 6.14. The average Bonchev–Trinajstić information content (AvgIpc) is 2.51. The number of fused-ring (bicyclic) bond motifs is 4. The van der Waals surface area contributed by atoms with E-state index in [4.69, 9.17) is 11.6 Å². The summed E-state index contributed by atoms with van der Waals surface area (Å²) in [5.41, 5.74) is 2.68.